The molecule has 2 aromatic carbocycles. The zero-order chi connectivity index (χ0) is 20.2. The number of nitrogen functional groups attached to an aromatic ring is 1. The van der Waals surface area contributed by atoms with Gasteiger partial charge in [-0.1, -0.05) is 48.2 Å². The minimum Gasteiger partial charge on any atom is -0.368 e. The van der Waals surface area contributed by atoms with Gasteiger partial charge in [0.2, 0.25) is 17.1 Å². The van der Waals surface area contributed by atoms with Crippen molar-refractivity contribution in [2.45, 2.75) is 24.8 Å². The molecule has 146 valence electrons. The quantitative estimate of drug-likeness (QED) is 0.466. The van der Waals surface area contributed by atoms with Crippen LogP contribution in [0.25, 0.3) is 5.69 Å². The first-order valence-electron chi connectivity index (χ1n) is 8.90. The lowest BCUT2D eigenvalue weighted by molar-refractivity contribution is 0.747. The van der Waals surface area contributed by atoms with Crippen LogP contribution >= 0.6 is 11.8 Å². The Balaban J connectivity index is 1.54. The highest BCUT2D eigenvalue weighted by Crippen LogP contribution is 2.25. The number of hydrogen-bond acceptors (Lipinski definition) is 9. The van der Waals surface area contributed by atoms with Gasteiger partial charge in [0.1, 0.15) is 5.82 Å². The minimum atomic E-state index is 0.156. The fourth-order valence-corrected chi connectivity index (χ4v) is 3.62. The number of rotatable bonds is 6. The van der Waals surface area contributed by atoms with E-state index in [2.05, 4.69) is 35.8 Å². The van der Waals surface area contributed by atoms with E-state index >= 15 is 0 Å². The van der Waals surface area contributed by atoms with E-state index in [4.69, 9.17) is 5.73 Å². The number of hydrogen-bond donors (Lipinski definition) is 2. The van der Waals surface area contributed by atoms with E-state index in [1.54, 1.807) is 4.68 Å². The van der Waals surface area contributed by atoms with Crippen LogP contribution in [0.1, 0.15) is 17.0 Å². The van der Waals surface area contributed by atoms with Crippen LogP contribution in [0.3, 0.4) is 0 Å². The molecule has 4 rings (SSSR count). The van der Waals surface area contributed by atoms with Gasteiger partial charge in [-0.3, -0.25) is 0 Å². The van der Waals surface area contributed by atoms with Gasteiger partial charge in [-0.05, 0) is 47.5 Å². The van der Waals surface area contributed by atoms with E-state index in [-0.39, 0.29) is 5.95 Å². The van der Waals surface area contributed by atoms with Gasteiger partial charge in [0.25, 0.3) is 0 Å². The largest absolute Gasteiger partial charge is 0.368 e. The fourth-order valence-electron chi connectivity index (χ4n) is 2.89. The monoisotopic (exact) mass is 405 g/mol. The fraction of sp³-hybridized carbons (Fsp3) is 0.158. The van der Waals surface area contributed by atoms with E-state index in [0.717, 1.165) is 22.5 Å². The van der Waals surface area contributed by atoms with Gasteiger partial charge in [0.05, 0.1) is 11.4 Å². The predicted molar refractivity (Wildman–Crippen MR) is 112 cm³/mol. The van der Waals surface area contributed by atoms with Crippen molar-refractivity contribution in [1.82, 2.24) is 35.2 Å². The summed E-state index contributed by atoms with van der Waals surface area (Å²) in [6, 6.07) is 15.7. The second-order valence-electron chi connectivity index (χ2n) is 6.33. The summed E-state index contributed by atoms with van der Waals surface area (Å²) in [5.74, 6) is 1.54. The van der Waals surface area contributed by atoms with Crippen molar-refractivity contribution in [3.63, 3.8) is 0 Å². The van der Waals surface area contributed by atoms with Gasteiger partial charge in [0, 0.05) is 5.69 Å². The number of nitrogens with one attached hydrogen (secondary N) is 1. The van der Waals surface area contributed by atoms with E-state index in [0.29, 0.717) is 22.7 Å². The highest BCUT2D eigenvalue weighted by atomic mass is 32.2. The molecule has 0 aliphatic rings. The molecule has 0 fully saturated rings. The maximum absolute atomic E-state index is 5.87. The van der Waals surface area contributed by atoms with Crippen LogP contribution in [0.2, 0.25) is 0 Å². The summed E-state index contributed by atoms with van der Waals surface area (Å²) in [4.78, 5) is 12.8. The highest BCUT2D eigenvalue weighted by Gasteiger charge is 2.14. The second kappa shape index (κ2) is 8.23. The van der Waals surface area contributed by atoms with E-state index in [9.17, 15) is 0 Å². The Labute approximate surface area is 171 Å². The molecule has 0 atom stereocenters. The Bertz CT molecular complexity index is 1110. The predicted octanol–water partition coefficient (Wildman–Crippen LogP) is 3.08. The van der Waals surface area contributed by atoms with Gasteiger partial charge >= 0.3 is 0 Å². The lowest BCUT2D eigenvalue weighted by Gasteiger charge is -2.10. The van der Waals surface area contributed by atoms with Gasteiger partial charge in [-0.25, -0.2) is 0 Å². The third kappa shape index (κ3) is 4.32. The Hall–Kier alpha value is -3.53. The number of aromatic nitrogens is 7. The minimum absolute atomic E-state index is 0.156. The molecule has 0 unspecified atom stereocenters. The number of para-hydroxylation sites is 2. The molecule has 0 spiro atoms. The van der Waals surface area contributed by atoms with Crippen LogP contribution in [-0.2, 0) is 5.75 Å². The molecule has 0 amide bonds. The number of thioether (sulfide) groups is 1. The summed E-state index contributed by atoms with van der Waals surface area (Å²) < 4.78 is 1.74. The summed E-state index contributed by atoms with van der Waals surface area (Å²) in [5.41, 5.74) is 9.90. The molecule has 0 aliphatic carbocycles. The van der Waals surface area contributed by atoms with Crippen LogP contribution in [0.15, 0.2) is 53.7 Å². The van der Waals surface area contributed by atoms with Crippen LogP contribution in [0.4, 0.5) is 17.6 Å². The third-order valence-electron chi connectivity index (χ3n) is 4.15. The molecule has 3 N–H and O–H groups in total. The Kier molecular flexibility index (Phi) is 5.34. The first-order chi connectivity index (χ1) is 14.1. The average Bonchev–Trinajstić information content (AvgIpc) is 3.15. The molecule has 0 saturated carbocycles. The highest BCUT2D eigenvalue weighted by molar-refractivity contribution is 7.98. The number of benzene rings is 2. The van der Waals surface area contributed by atoms with Crippen molar-refractivity contribution in [2.75, 3.05) is 11.1 Å². The zero-order valence-corrected chi connectivity index (χ0v) is 16.8. The van der Waals surface area contributed by atoms with E-state index in [1.165, 1.54) is 11.8 Å². The van der Waals surface area contributed by atoms with Crippen molar-refractivity contribution < 1.29 is 0 Å². The van der Waals surface area contributed by atoms with Gasteiger partial charge in [-0.2, -0.15) is 19.6 Å². The van der Waals surface area contributed by atoms with E-state index in [1.807, 2.05) is 62.4 Å². The molecule has 10 heteroatoms. The number of nitrogens with two attached hydrogens (primary N) is 1. The van der Waals surface area contributed by atoms with Gasteiger partial charge in [0.15, 0.2) is 0 Å². The molecule has 0 aliphatic heterocycles. The molecular formula is C19H19N9S. The van der Waals surface area contributed by atoms with Crippen LogP contribution < -0.4 is 11.1 Å². The van der Waals surface area contributed by atoms with E-state index < -0.39 is 0 Å². The second-order valence-corrected chi connectivity index (χ2v) is 7.27. The Morgan fingerprint density at radius 1 is 0.966 bits per heavy atom. The van der Waals surface area contributed by atoms with Crippen LogP contribution in [-0.4, -0.2) is 35.2 Å². The molecule has 9 nitrogen and oxygen atoms in total. The molecule has 4 aromatic rings. The van der Waals surface area contributed by atoms with Crippen molar-refractivity contribution in [3.05, 3.63) is 65.5 Å². The molecule has 2 aromatic heterocycles. The maximum atomic E-state index is 5.87. The van der Waals surface area contributed by atoms with Crippen molar-refractivity contribution in [1.29, 1.82) is 0 Å². The average molecular weight is 405 g/mol. The number of tetrazole rings is 1. The standard InChI is InChI=1S/C19H19N9S/c1-12-7-6-8-13(2)16(12)28-19(25-26-27-28)29-11-15-22-17(20)24-18(23-15)21-14-9-4-3-5-10-14/h3-10H,11H2,1-2H3,(H3,20,21,22,23,24). The summed E-state index contributed by atoms with van der Waals surface area (Å²) >= 11 is 1.43. The lowest BCUT2D eigenvalue weighted by Crippen LogP contribution is -2.07. The summed E-state index contributed by atoms with van der Waals surface area (Å²) in [5, 5.41) is 15.9. The third-order valence-corrected chi connectivity index (χ3v) is 5.07. The molecule has 0 saturated heterocycles. The molecular weight excluding hydrogens is 386 g/mol. The Morgan fingerprint density at radius 2 is 1.72 bits per heavy atom. The molecule has 0 radical (unpaired) electrons. The summed E-state index contributed by atoms with van der Waals surface area (Å²) in [6.45, 7) is 4.07. The molecule has 0 bridgehead atoms. The zero-order valence-electron chi connectivity index (χ0n) is 15.9. The first kappa shape index (κ1) is 18.8. The van der Waals surface area contributed by atoms with Crippen LogP contribution in [0.5, 0.6) is 0 Å². The van der Waals surface area contributed by atoms with Crippen LogP contribution in [0, 0.1) is 13.8 Å². The smallest absolute Gasteiger partial charge is 0.232 e. The van der Waals surface area contributed by atoms with Crippen molar-refractivity contribution in [2.24, 2.45) is 0 Å². The number of aryl methyl sites for hydroxylation is 2. The number of anilines is 3. The van der Waals surface area contributed by atoms with Crippen molar-refractivity contribution in [3.8, 4) is 5.69 Å². The lowest BCUT2D eigenvalue weighted by atomic mass is 10.1. The SMILES string of the molecule is Cc1cccc(C)c1-n1nnnc1SCc1nc(N)nc(Nc2ccccc2)n1. The van der Waals surface area contributed by atoms with Crippen molar-refractivity contribution >= 4 is 29.3 Å². The van der Waals surface area contributed by atoms with Gasteiger partial charge in [-0.15, -0.1) is 5.10 Å². The van der Waals surface area contributed by atoms with Gasteiger partial charge < -0.3 is 11.1 Å². The normalized spacial score (nSPS) is 10.8. The summed E-state index contributed by atoms with van der Waals surface area (Å²) in [6.07, 6.45) is 0. The maximum Gasteiger partial charge on any atom is 0.232 e. The summed E-state index contributed by atoms with van der Waals surface area (Å²) in [7, 11) is 0. The molecule has 2 heterocycles. The molecule has 29 heavy (non-hydrogen) atoms. The first-order valence-corrected chi connectivity index (χ1v) is 9.89. The number of nitrogens with zero attached hydrogens (tertiary/aromatic N) is 7. The topological polar surface area (TPSA) is 120 Å². The Morgan fingerprint density at radius 3 is 2.48 bits per heavy atom.